The molecule has 0 heterocycles. The lowest BCUT2D eigenvalue weighted by Gasteiger charge is -2.14. The molecule has 0 aromatic heterocycles. The van der Waals surface area contributed by atoms with E-state index in [1.807, 2.05) is 31.2 Å². The molecule has 0 unspecified atom stereocenters. The summed E-state index contributed by atoms with van der Waals surface area (Å²) in [4.78, 5) is 24.9. The van der Waals surface area contributed by atoms with Crippen molar-refractivity contribution in [3.63, 3.8) is 0 Å². The number of rotatable bonds is 7. The van der Waals surface area contributed by atoms with E-state index in [0.717, 1.165) is 23.6 Å². The predicted octanol–water partition coefficient (Wildman–Crippen LogP) is 5.69. The third kappa shape index (κ3) is 5.63. The van der Waals surface area contributed by atoms with Gasteiger partial charge >= 0.3 is 5.97 Å². The molecular weight excluding hydrogens is 492 g/mol. The quantitative estimate of drug-likeness (QED) is 0.239. The van der Waals surface area contributed by atoms with Gasteiger partial charge in [-0.05, 0) is 75.7 Å². The van der Waals surface area contributed by atoms with E-state index in [4.69, 9.17) is 21.7 Å². The highest BCUT2D eigenvalue weighted by atomic mass is 79.9. The highest BCUT2D eigenvalue weighted by Gasteiger charge is 2.19. The molecule has 166 valence electrons. The van der Waals surface area contributed by atoms with Crippen molar-refractivity contribution >= 4 is 61.6 Å². The first-order chi connectivity index (χ1) is 15.4. The molecule has 0 saturated heterocycles. The molecule has 3 aromatic carbocycles. The molecule has 0 saturated carbocycles. The molecule has 3 aromatic rings. The van der Waals surface area contributed by atoms with E-state index < -0.39 is 5.91 Å². The summed E-state index contributed by atoms with van der Waals surface area (Å²) in [6.45, 7) is 2.44. The van der Waals surface area contributed by atoms with Gasteiger partial charge in [-0.15, -0.1) is 0 Å². The van der Waals surface area contributed by atoms with Crippen LogP contribution in [0.5, 0.6) is 5.75 Å². The number of carbonyl (C=O) groups is 2. The fourth-order valence-electron chi connectivity index (χ4n) is 3.07. The van der Waals surface area contributed by atoms with Crippen molar-refractivity contribution in [2.75, 3.05) is 19.0 Å². The largest absolute Gasteiger partial charge is 0.495 e. The number of amides is 1. The summed E-state index contributed by atoms with van der Waals surface area (Å²) >= 11 is 8.82. The average molecular weight is 515 g/mol. The van der Waals surface area contributed by atoms with Gasteiger partial charge in [-0.3, -0.25) is 10.1 Å². The Morgan fingerprint density at radius 1 is 1.09 bits per heavy atom. The fourth-order valence-corrected chi connectivity index (χ4v) is 4.01. The van der Waals surface area contributed by atoms with Crippen LogP contribution >= 0.6 is 28.1 Å². The lowest BCUT2D eigenvalue weighted by molar-refractivity contribution is 0.0499. The number of methoxy groups -OCH3 is 1. The number of halogens is 1. The van der Waals surface area contributed by atoms with Gasteiger partial charge in [0.15, 0.2) is 5.11 Å². The molecule has 2 N–H and O–H groups in total. The molecule has 0 aliphatic rings. The number of fused-ring (bicyclic) bond motifs is 1. The summed E-state index contributed by atoms with van der Waals surface area (Å²) in [6, 6.07) is 16.1. The number of esters is 1. The minimum absolute atomic E-state index is 0.125. The Labute approximate surface area is 200 Å². The van der Waals surface area contributed by atoms with Crippen molar-refractivity contribution < 1.29 is 19.1 Å². The molecule has 0 aliphatic heterocycles. The van der Waals surface area contributed by atoms with Gasteiger partial charge in [-0.1, -0.05) is 37.6 Å². The van der Waals surface area contributed by atoms with Crippen LogP contribution in [-0.4, -0.2) is 30.7 Å². The fraction of sp³-hybridized carbons (Fsp3) is 0.208. The molecule has 0 aliphatic carbocycles. The van der Waals surface area contributed by atoms with Gasteiger partial charge in [0, 0.05) is 5.69 Å². The van der Waals surface area contributed by atoms with Crippen LogP contribution in [0.3, 0.4) is 0 Å². The van der Waals surface area contributed by atoms with Crippen molar-refractivity contribution in [2.24, 2.45) is 0 Å². The first kappa shape index (κ1) is 23.7. The molecule has 1 amide bonds. The van der Waals surface area contributed by atoms with Crippen LogP contribution in [0.15, 0.2) is 59.1 Å². The van der Waals surface area contributed by atoms with Gasteiger partial charge in [-0.2, -0.15) is 0 Å². The predicted molar refractivity (Wildman–Crippen MR) is 134 cm³/mol. The number of benzene rings is 3. The highest BCUT2D eigenvalue weighted by molar-refractivity contribution is 9.10. The van der Waals surface area contributed by atoms with Crippen molar-refractivity contribution in [1.29, 1.82) is 0 Å². The van der Waals surface area contributed by atoms with E-state index in [-0.39, 0.29) is 11.1 Å². The van der Waals surface area contributed by atoms with Gasteiger partial charge in [0.05, 0.1) is 29.3 Å². The molecule has 6 nitrogen and oxygen atoms in total. The van der Waals surface area contributed by atoms with Crippen molar-refractivity contribution in [3.8, 4) is 5.75 Å². The summed E-state index contributed by atoms with van der Waals surface area (Å²) in [5, 5.41) is 7.58. The van der Waals surface area contributed by atoms with Crippen LogP contribution < -0.4 is 15.4 Å². The monoisotopic (exact) mass is 514 g/mol. The first-order valence-corrected chi connectivity index (χ1v) is 11.3. The zero-order chi connectivity index (χ0) is 23.1. The second kappa shape index (κ2) is 11.1. The van der Waals surface area contributed by atoms with E-state index in [9.17, 15) is 9.59 Å². The van der Waals surface area contributed by atoms with Crippen LogP contribution in [0, 0.1) is 0 Å². The Bertz CT molecular complexity index is 1150. The van der Waals surface area contributed by atoms with Crippen molar-refractivity contribution in [1.82, 2.24) is 5.32 Å². The molecule has 0 fully saturated rings. The second-order valence-electron chi connectivity index (χ2n) is 6.97. The lowest BCUT2D eigenvalue weighted by Crippen LogP contribution is -2.34. The molecule has 0 spiro atoms. The standard InChI is InChI=1S/C24H23BrN2O4S/c1-3-4-13-31-23(29)15-9-11-17(12-10-15)26-24(32)27-22(28)19-14-16-7-5-6-8-18(16)20(25)21(19)30-2/h5-12,14H,3-4,13H2,1-2H3,(H2,26,27,28,32). The number of hydrogen-bond acceptors (Lipinski definition) is 5. The van der Waals surface area contributed by atoms with E-state index >= 15 is 0 Å². The number of unbranched alkanes of at least 4 members (excludes halogenated alkanes) is 1. The van der Waals surface area contributed by atoms with Gasteiger partial charge in [0.1, 0.15) is 5.75 Å². The molecular formula is C24H23BrN2O4S. The van der Waals surface area contributed by atoms with E-state index in [1.165, 1.54) is 7.11 Å². The maximum atomic E-state index is 12.9. The third-order valence-electron chi connectivity index (χ3n) is 4.73. The molecule has 0 bridgehead atoms. The second-order valence-corrected chi connectivity index (χ2v) is 8.17. The molecule has 3 rings (SSSR count). The zero-order valence-electron chi connectivity index (χ0n) is 17.7. The Morgan fingerprint density at radius 3 is 2.50 bits per heavy atom. The van der Waals surface area contributed by atoms with Gasteiger partial charge < -0.3 is 14.8 Å². The van der Waals surface area contributed by atoms with Crippen molar-refractivity contribution in [3.05, 3.63) is 70.2 Å². The Morgan fingerprint density at radius 2 is 1.81 bits per heavy atom. The minimum Gasteiger partial charge on any atom is -0.495 e. The topological polar surface area (TPSA) is 76.7 Å². The summed E-state index contributed by atoms with van der Waals surface area (Å²) in [5.74, 6) is -0.341. The molecule has 32 heavy (non-hydrogen) atoms. The number of thiocarbonyl (C=S) groups is 1. The van der Waals surface area contributed by atoms with Crippen LogP contribution in [0.4, 0.5) is 5.69 Å². The minimum atomic E-state index is -0.401. The van der Waals surface area contributed by atoms with Crippen LogP contribution in [0.1, 0.15) is 40.5 Å². The van der Waals surface area contributed by atoms with Crippen molar-refractivity contribution in [2.45, 2.75) is 19.8 Å². The third-order valence-corrected chi connectivity index (χ3v) is 5.72. The summed E-state index contributed by atoms with van der Waals surface area (Å²) in [7, 11) is 1.51. The maximum absolute atomic E-state index is 12.9. The number of carbonyl (C=O) groups excluding carboxylic acids is 2. The SMILES string of the molecule is CCCCOC(=O)c1ccc(NC(=S)NC(=O)c2cc3ccccc3c(Br)c2OC)cc1. The van der Waals surface area contributed by atoms with Crippen LogP contribution in [-0.2, 0) is 4.74 Å². The molecule has 8 heteroatoms. The Balaban J connectivity index is 1.68. The number of anilines is 1. The first-order valence-electron chi connectivity index (χ1n) is 10.1. The van der Waals surface area contributed by atoms with Crippen LogP contribution in [0.2, 0.25) is 0 Å². The van der Waals surface area contributed by atoms with E-state index in [1.54, 1.807) is 30.3 Å². The average Bonchev–Trinajstić information content (AvgIpc) is 2.79. The highest BCUT2D eigenvalue weighted by Crippen LogP contribution is 2.36. The van der Waals surface area contributed by atoms with Crippen LogP contribution in [0.25, 0.3) is 10.8 Å². The molecule has 0 radical (unpaired) electrons. The number of hydrogen-bond donors (Lipinski definition) is 2. The number of ether oxygens (including phenoxy) is 2. The lowest BCUT2D eigenvalue weighted by atomic mass is 10.1. The smallest absolute Gasteiger partial charge is 0.338 e. The van der Waals surface area contributed by atoms with E-state index in [0.29, 0.717) is 33.6 Å². The van der Waals surface area contributed by atoms with E-state index in [2.05, 4.69) is 26.6 Å². The summed E-state index contributed by atoms with van der Waals surface area (Å²) < 4.78 is 11.4. The number of nitrogens with one attached hydrogen (secondary N) is 2. The Hall–Kier alpha value is -2.97. The van der Waals surface area contributed by atoms with Gasteiger partial charge in [0.25, 0.3) is 5.91 Å². The maximum Gasteiger partial charge on any atom is 0.338 e. The Kier molecular flexibility index (Phi) is 8.19. The molecule has 0 atom stereocenters. The van der Waals surface area contributed by atoms with Gasteiger partial charge in [-0.25, -0.2) is 4.79 Å². The normalized spacial score (nSPS) is 10.5. The summed E-state index contributed by atoms with van der Waals surface area (Å²) in [6.07, 6.45) is 1.79. The van der Waals surface area contributed by atoms with Gasteiger partial charge in [0.2, 0.25) is 0 Å². The summed E-state index contributed by atoms with van der Waals surface area (Å²) in [5.41, 5.74) is 1.44. The zero-order valence-corrected chi connectivity index (χ0v) is 20.1.